The Balaban J connectivity index is 0.00000242. The molecule has 0 aromatic heterocycles. The van der Waals surface area contributed by atoms with Crippen LogP contribution in [0, 0.1) is 17.7 Å². The van der Waals surface area contributed by atoms with Crippen LogP contribution in [0.1, 0.15) is 26.2 Å². The third-order valence-electron chi connectivity index (χ3n) is 4.14. The lowest BCUT2D eigenvalue weighted by Crippen LogP contribution is -2.32. The normalized spacial score (nSPS) is 16.5. The van der Waals surface area contributed by atoms with Crippen LogP contribution in [-0.2, 0) is 4.79 Å². The van der Waals surface area contributed by atoms with Crippen molar-refractivity contribution in [2.24, 2.45) is 11.8 Å². The van der Waals surface area contributed by atoms with Gasteiger partial charge in [-0.3, -0.25) is 4.79 Å². The standard InChI is InChI=1S/C16H23FN2O2.ClH/c1-11(12-5-7-18-8-6-12)9-16(20)19-15-10-13(21-2)3-4-14(15)17;/h3-4,10-12,18H,5-9H2,1-2H3,(H,19,20);1H. The fourth-order valence-electron chi connectivity index (χ4n) is 2.80. The molecule has 0 saturated carbocycles. The lowest BCUT2D eigenvalue weighted by Gasteiger charge is -2.27. The van der Waals surface area contributed by atoms with Crippen LogP contribution in [0.3, 0.4) is 0 Å². The first-order chi connectivity index (χ1) is 10.1. The number of hydrogen-bond acceptors (Lipinski definition) is 3. The molecule has 1 atom stereocenters. The largest absolute Gasteiger partial charge is 0.497 e. The first-order valence-corrected chi connectivity index (χ1v) is 7.44. The summed E-state index contributed by atoms with van der Waals surface area (Å²) in [6.45, 7) is 4.12. The number of methoxy groups -OCH3 is 1. The fraction of sp³-hybridized carbons (Fsp3) is 0.562. The maximum Gasteiger partial charge on any atom is 0.224 e. The molecule has 1 heterocycles. The molecule has 1 saturated heterocycles. The van der Waals surface area contributed by atoms with Crippen LogP contribution in [0.4, 0.5) is 10.1 Å². The zero-order chi connectivity index (χ0) is 15.2. The Bertz CT molecular complexity index is 493. The van der Waals surface area contributed by atoms with Crippen LogP contribution >= 0.6 is 12.4 Å². The second kappa shape index (κ2) is 8.96. The molecule has 0 spiro atoms. The van der Waals surface area contributed by atoms with Gasteiger partial charge in [-0.1, -0.05) is 6.92 Å². The maximum absolute atomic E-state index is 13.7. The van der Waals surface area contributed by atoms with Crippen molar-refractivity contribution in [2.75, 3.05) is 25.5 Å². The molecule has 1 amide bonds. The monoisotopic (exact) mass is 330 g/mol. The number of halogens is 2. The van der Waals surface area contributed by atoms with Crippen molar-refractivity contribution in [2.45, 2.75) is 26.2 Å². The van der Waals surface area contributed by atoms with E-state index in [1.807, 2.05) is 0 Å². The molecule has 0 radical (unpaired) electrons. The zero-order valence-electron chi connectivity index (χ0n) is 13.0. The second-order valence-corrected chi connectivity index (χ2v) is 5.66. The van der Waals surface area contributed by atoms with E-state index in [2.05, 4.69) is 17.6 Å². The van der Waals surface area contributed by atoms with Gasteiger partial charge in [0.15, 0.2) is 0 Å². The van der Waals surface area contributed by atoms with Gasteiger partial charge in [0.1, 0.15) is 11.6 Å². The third kappa shape index (κ3) is 5.14. The van der Waals surface area contributed by atoms with Crippen molar-refractivity contribution in [3.05, 3.63) is 24.0 Å². The number of hydrogen-bond donors (Lipinski definition) is 2. The minimum Gasteiger partial charge on any atom is -0.497 e. The van der Waals surface area contributed by atoms with Gasteiger partial charge in [-0.2, -0.15) is 0 Å². The Labute approximate surface area is 137 Å². The topological polar surface area (TPSA) is 50.4 Å². The number of piperidine rings is 1. The van der Waals surface area contributed by atoms with Crippen molar-refractivity contribution < 1.29 is 13.9 Å². The molecule has 4 nitrogen and oxygen atoms in total. The fourth-order valence-corrected chi connectivity index (χ4v) is 2.80. The summed E-state index contributed by atoms with van der Waals surface area (Å²) < 4.78 is 18.7. The number of anilines is 1. The van der Waals surface area contributed by atoms with Gasteiger partial charge < -0.3 is 15.4 Å². The van der Waals surface area contributed by atoms with Crippen LogP contribution in [0.25, 0.3) is 0 Å². The summed E-state index contributed by atoms with van der Waals surface area (Å²) in [6, 6.07) is 4.33. The minimum absolute atomic E-state index is 0. The highest BCUT2D eigenvalue weighted by atomic mass is 35.5. The van der Waals surface area contributed by atoms with E-state index in [9.17, 15) is 9.18 Å². The quantitative estimate of drug-likeness (QED) is 0.871. The summed E-state index contributed by atoms with van der Waals surface area (Å²) in [7, 11) is 1.51. The van der Waals surface area contributed by atoms with Gasteiger partial charge >= 0.3 is 0 Å². The Hall–Kier alpha value is -1.33. The van der Waals surface area contributed by atoms with Crippen LogP contribution in [0.15, 0.2) is 18.2 Å². The lowest BCUT2D eigenvalue weighted by atomic mass is 9.84. The molecule has 1 aromatic rings. The van der Waals surface area contributed by atoms with E-state index in [0.717, 1.165) is 25.9 Å². The number of rotatable bonds is 5. The Morgan fingerprint density at radius 3 is 2.77 bits per heavy atom. The molecule has 1 aliphatic heterocycles. The summed E-state index contributed by atoms with van der Waals surface area (Å²) in [5, 5.41) is 5.96. The van der Waals surface area contributed by atoms with Gasteiger partial charge in [0.25, 0.3) is 0 Å². The Morgan fingerprint density at radius 2 is 2.14 bits per heavy atom. The van der Waals surface area contributed by atoms with Crippen molar-refractivity contribution in [1.82, 2.24) is 5.32 Å². The molecule has 6 heteroatoms. The average molecular weight is 331 g/mol. The van der Waals surface area contributed by atoms with Gasteiger partial charge in [-0.15, -0.1) is 12.4 Å². The molecule has 2 N–H and O–H groups in total. The molecule has 0 bridgehead atoms. The summed E-state index contributed by atoms with van der Waals surface area (Å²) in [4.78, 5) is 12.1. The molecular formula is C16H24ClFN2O2. The third-order valence-corrected chi connectivity index (χ3v) is 4.14. The summed E-state index contributed by atoms with van der Waals surface area (Å²) in [5.41, 5.74) is 0.178. The van der Waals surface area contributed by atoms with Crippen LogP contribution in [0.5, 0.6) is 5.75 Å². The van der Waals surface area contributed by atoms with Crippen molar-refractivity contribution in [3.8, 4) is 5.75 Å². The number of nitrogens with one attached hydrogen (secondary N) is 2. The lowest BCUT2D eigenvalue weighted by molar-refractivity contribution is -0.117. The van der Waals surface area contributed by atoms with Crippen molar-refractivity contribution in [3.63, 3.8) is 0 Å². The molecule has 124 valence electrons. The number of carbonyl (C=O) groups excluding carboxylic acids is 1. The van der Waals surface area contributed by atoms with Gasteiger partial charge in [0, 0.05) is 12.5 Å². The van der Waals surface area contributed by atoms with E-state index in [1.54, 1.807) is 0 Å². The Kier molecular flexibility index (Phi) is 7.62. The predicted octanol–water partition coefficient (Wildman–Crippen LogP) is 3.22. The number of benzene rings is 1. The Morgan fingerprint density at radius 1 is 1.45 bits per heavy atom. The second-order valence-electron chi connectivity index (χ2n) is 5.66. The molecule has 22 heavy (non-hydrogen) atoms. The summed E-state index contributed by atoms with van der Waals surface area (Å²) in [5.74, 6) is 0.804. The highest BCUT2D eigenvalue weighted by molar-refractivity contribution is 5.91. The number of ether oxygens (including phenoxy) is 1. The molecule has 0 aliphatic carbocycles. The first-order valence-electron chi connectivity index (χ1n) is 7.44. The van der Waals surface area contributed by atoms with Gasteiger partial charge in [0.05, 0.1) is 12.8 Å². The van der Waals surface area contributed by atoms with Gasteiger partial charge in [-0.05, 0) is 49.9 Å². The smallest absolute Gasteiger partial charge is 0.224 e. The SMILES string of the molecule is COc1ccc(F)c(NC(=O)CC(C)C2CCNCC2)c1.Cl. The van der Waals surface area contributed by atoms with Crippen LogP contribution < -0.4 is 15.4 Å². The van der Waals surface area contributed by atoms with Crippen molar-refractivity contribution in [1.29, 1.82) is 0 Å². The first kappa shape index (κ1) is 18.7. The highest BCUT2D eigenvalue weighted by Crippen LogP contribution is 2.26. The minimum atomic E-state index is -0.446. The number of amides is 1. The van der Waals surface area contributed by atoms with Crippen LogP contribution in [-0.4, -0.2) is 26.1 Å². The van der Waals surface area contributed by atoms with E-state index in [1.165, 1.54) is 25.3 Å². The maximum atomic E-state index is 13.7. The van der Waals surface area contributed by atoms with E-state index in [0.29, 0.717) is 24.0 Å². The van der Waals surface area contributed by atoms with E-state index >= 15 is 0 Å². The van der Waals surface area contributed by atoms with E-state index in [4.69, 9.17) is 4.74 Å². The molecule has 1 unspecified atom stereocenters. The van der Waals surface area contributed by atoms with Gasteiger partial charge in [0.2, 0.25) is 5.91 Å². The van der Waals surface area contributed by atoms with Gasteiger partial charge in [-0.25, -0.2) is 4.39 Å². The summed E-state index contributed by atoms with van der Waals surface area (Å²) >= 11 is 0. The molecule has 2 rings (SSSR count). The predicted molar refractivity (Wildman–Crippen MR) is 88.2 cm³/mol. The highest BCUT2D eigenvalue weighted by Gasteiger charge is 2.22. The summed E-state index contributed by atoms with van der Waals surface area (Å²) in [6.07, 6.45) is 2.62. The molecule has 1 fully saturated rings. The number of carbonyl (C=O) groups is 1. The molecule has 1 aromatic carbocycles. The van der Waals surface area contributed by atoms with Crippen LogP contribution in [0.2, 0.25) is 0 Å². The zero-order valence-corrected chi connectivity index (χ0v) is 13.8. The average Bonchev–Trinajstić information content (AvgIpc) is 2.50. The van der Waals surface area contributed by atoms with E-state index < -0.39 is 5.82 Å². The molecular weight excluding hydrogens is 307 g/mol. The van der Waals surface area contributed by atoms with E-state index in [-0.39, 0.29) is 24.0 Å². The molecule has 1 aliphatic rings. The van der Waals surface area contributed by atoms with Crippen molar-refractivity contribution >= 4 is 24.0 Å².